The molecule has 0 heterocycles. The Morgan fingerprint density at radius 1 is 1.22 bits per heavy atom. The van der Waals surface area contributed by atoms with Crippen LogP contribution < -0.4 is 10.1 Å². The minimum atomic E-state index is -0.995. The van der Waals surface area contributed by atoms with Crippen molar-refractivity contribution in [2.24, 2.45) is 0 Å². The molecule has 0 aliphatic rings. The number of rotatable bonds is 6. The molecule has 1 unspecified atom stereocenters. The normalized spacial score (nSPS) is 11.6. The van der Waals surface area contributed by atoms with E-state index in [4.69, 9.17) is 9.84 Å². The van der Waals surface area contributed by atoms with Gasteiger partial charge < -0.3 is 15.2 Å². The van der Waals surface area contributed by atoms with Gasteiger partial charge >= 0.3 is 5.97 Å². The standard InChI is InChI=1S/C17H16BrNO4/c1-11(23-15-7-5-14(18)6-8-15)16(20)19-10-12-3-2-4-13(9-12)17(21)22/h2-9,11H,10H2,1H3,(H,19,20)(H,21,22). The van der Waals surface area contributed by atoms with Crippen LogP contribution in [-0.2, 0) is 11.3 Å². The number of hydrogen-bond acceptors (Lipinski definition) is 3. The summed E-state index contributed by atoms with van der Waals surface area (Å²) in [6.45, 7) is 1.90. The molecule has 0 aliphatic heterocycles. The van der Waals surface area contributed by atoms with Gasteiger partial charge in [0.15, 0.2) is 6.10 Å². The number of carboxylic acid groups (broad SMARTS) is 1. The van der Waals surface area contributed by atoms with E-state index in [-0.39, 0.29) is 18.0 Å². The number of halogens is 1. The Balaban J connectivity index is 1.90. The Bertz CT molecular complexity index is 700. The van der Waals surface area contributed by atoms with Crippen molar-refractivity contribution < 1.29 is 19.4 Å². The molecule has 2 aromatic carbocycles. The number of hydrogen-bond donors (Lipinski definition) is 2. The smallest absolute Gasteiger partial charge is 0.335 e. The summed E-state index contributed by atoms with van der Waals surface area (Å²) >= 11 is 3.33. The van der Waals surface area contributed by atoms with Gasteiger partial charge in [-0.3, -0.25) is 4.79 Å². The van der Waals surface area contributed by atoms with Crippen molar-refractivity contribution in [2.45, 2.75) is 19.6 Å². The van der Waals surface area contributed by atoms with Crippen molar-refractivity contribution in [3.05, 3.63) is 64.1 Å². The molecule has 2 rings (SSSR count). The largest absolute Gasteiger partial charge is 0.481 e. The fraction of sp³-hybridized carbons (Fsp3) is 0.176. The second-order valence-electron chi connectivity index (χ2n) is 4.94. The van der Waals surface area contributed by atoms with Crippen LogP contribution in [0.5, 0.6) is 5.75 Å². The summed E-state index contributed by atoms with van der Waals surface area (Å²) in [6, 6.07) is 13.6. The van der Waals surface area contributed by atoms with Crippen LogP contribution in [-0.4, -0.2) is 23.1 Å². The Morgan fingerprint density at radius 3 is 2.57 bits per heavy atom. The zero-order valence-corrected chi connectivity index (χ0v) is 14.0. The van der Waals surface area contributed by atoms with Crippen LogP contribution >= 0.6 is 15.9 Å². The highest BCUT2D eigenvalue weighted by Gasteiger charge is 2.14. The second kappa shape index (κ2) is 7.78. The van der Waals surface area contributed by atoms with E-state index >= 15 is 0 Å². The summed E-state index contributed by atoms with van der Waals surface area (Å²) in [5.74, 6) is -0.664. The number of amides is 1. The number of benzene rings is 2. The third-order valence-electron chi connectivity index (χ3n) is 3.14. The van der Waals surface area contributed by atoms with Gasteiger partial charge in [-0.15, -0.1) is 0 Å². The molecular weight excluding hydrogens is 362 g/mol. The van der Waals surface area contributed by atoms with Crippen molar-refractivity contribution in [2.75, 3.05) is 0 Å². The number of aromatic carboxylic acids is 1. The topological polar surface area (TPSA) is 75.6 Å². The molecule has 0 aromatic heterocycles. The van der Waals surface area contributed by atoms with Crippen molar-refractivity contribution >= 4 is 27.8 Å². The lowest BCUT2D eigenvalue weighted by molar-refractivity contribution is -0.127. The Kier molecular flexibility index (Phi) is 5.76. The van der Waals surface area contributed by atoms with Gasteiger partial charge in [0.1, 0.15) is 5.75 Å². The summed E-state index contributed by atoms with van der Waals surface area (Å²) in [5.41, 5.74) is 0.907. The molecule has 120 valence electrons. The first kappa shape index (κ1) is 17.0. The highest BCUT2D eigenvalue weighted by molar-refractivity contribution is 9.10. The quantitative estimate of drug-likeness (QED) is 0.809. The molecule has 0 aliphatic carbocycles. The molecule has 6 heteroatoms. The zero-order valence-electron chi connectivity index (χ0n) is 12.5. The maximum absolute atomic E-state index is 12.0. The lowest BCUT2D eigenvalue weighted by Gasteiger charge is -2.15. The van der Waals surface area contributed by atoms with Crippen LogP contribution in [0.1, 0.15) is 22.8 Å². The molecular formula is C17H16BrNO4. The summed E-state index contributed by atoms with van der Waals surface area (Å²) < 4.78 is 6.49. The van der Waals surface area contributed by atoms with Crippen LogP contribution in [0.15, 0.2) is 53.0 Å². The van der Waals surface area contributed by atoms with Crippen LogP contribution in [0.4, 0.5) is 0 Å². The van der Waals surface area contributed by atoms with Crippen molar-refractivity contribution in [1.29, 1.82) is 0 Å². The zero-order chi connectivity index (χ0) is 16.8. The summed E-state index contributed by atoms with van der Waals surface area (Å²) in [5, 5.41) is 11.7. The monoisotopic (exact) mass is 377 g/mol. The molecule has 1 atom stereocenters. The molecule has 0 radical (unpaired) electrons. The average molecular weight is 378 g/mol. The molecule has 2 aromatic rings. The van der Waals surface area contributed by atoms with E-state index in [2.05, 4.69) is 21.2 Å². The first-order valence-corrected chi connectivity index (χ1v) is 7.77. The highest BCUT2D eigenvalue weighted by Crippen LogP contribution is 2.17. The molecule has 23 heavy (non-hydrogen) atoms. The number of nitrogens with one attached hydrogen (secondary N) is 1. The van der Waals surface area contributed by atoms with Crippen molar-refractivity contribution in [3.63, 3.8) is 0 Å². The SMILES string of the molecule is CC(Oc1ccc(Br)cc1)C(=O)NCc1cccc(C(=O)O)c1. The number of carboxylic acids is 1. The van der Waals surface area contributed by atoms with E-state index in [9.17, 15) is 9.59 Å². The lowest BCUT2D eigenvalue weighted by Crippen LogP contribution is -2.35. The molecule has 0 saturated carbocycles. The van der Waals surface area contributed by atoms with E-state index in [0.29, 0.717) is 11.3 Å². The summed E-state index contributed by atoms with van der Waals surface area (Å²) in [6.07, 6.45) is -0.654. The number of carbonyl (C=O) groups is 2. The first-order chi connectivity index (χ1) is 11.0. The molecule has 0 bridgehead atoms. The lowest BCUT2D eigenvalue weighted by atomic mass is 10.1. The molecule has 0 saturated heterocycles. The first-order valence-electron chi connectivity index (χ1n) is 6.98. The Morgan fingerprint density at radius 2 is 1.91 bits per heavy atom. The van der Waals surface area contributed by atoms with E-state index in [0.717, 1.165) is 4.47 Å². The molecule has 0 spiro atoms. The third-order valence-corrected chi connectivity index (χ3v) is 3.67. The third kappa shape index (κ3) is 5.10. The van der Waals surface area contributed by atoms with Crippen LogP contribution in [0, 0.1) is 0 Å². The van der Waals surface area contributed by atoms with E-state index in [1.165, 1.54) is 12.1 Å². The maximum Gasteiger partial charge on any atom is 0.335 e. The molecule has 2 N–H and O–H groups in total. The van der Waals surface area contributed by atoms with E-state index in [1.807, 2.05) is 12.1 Å². The molecule has 1 amide bonds. The minimum Gasteiger partial charge on any atom is -0.481 e. The van der Waals surface area contributed by atoms with Gasteiger partial charge in [0.2, 0.25) is 0 Å². The Hall–Kier alpha value is -2.34. The second-order valence-corrected chi connectivity index (χ2v) is 5.85. The van der Waals surface area contributed by atoms with Gasteiger partial charge in [-0.2, -0.15) is 0 Å². The predicted molar refractivity (Wildman–Crippen MR) is 89.5 cm³/mol. The fourth-order valence-electron chi connectivity index (χ4n) is 1.92. The summed E-state index contributed by atoms with van der Waals surface area (Å²) in [7, 11) is 0. The number of ether oxygens (including phenoxy) is 1. The average Bonchev–Trinajstić information content (AvgIpc) is 2.55. The van der Waals surface area contributed by atoms with Gasteiger partial charge in [-0.05, 0) is 48.9 Å². The Labute approximate surface area is 142 Å². The van der Waals surface area contributed by atoms with Gasteiger partial charge in [-0.1, -0.05) is 28.1 Å². The van der Waals surface area contributed by atoms with Gasteiger partial charge in [0.25, 0.3) is 5.91 Å². The van der Waals surface area contributed by atoms with E-state index in [1.54, 1.807) is 31.2 Å². The van der Waals surface area contributed by atoms with Gasteiger partial charge in [-0.25, -0.2) is 4.79 Å². The molecule has 0 fully saturated rings. The van der Waals surface area contributed by atoms with Crippen molar-refractivity contribution in [1.82, 2.24) is 5.32 Å². The van der Waals surface area contributed by atoms with Crippen LogP contribution in [0.3, 0.4) is 0 Å². The highest BCUT2D eigenvalue weighted by atomic mass is 79.9. The molecule has 5 nitrogen and oxygen atoms in total. The maximum atomic E-state index is 12.0. The van der Waals surface area contributed by atoms with Crippen molar-refractivity contribution in [3.8, 4) is 5.75 Å². The minimum absolute atomic E-state index is 0.191. The van der Waals surface area contributed by atoms with Crippen LogP contribution in [0.25, 0.3) is 0 Å². The van der Waals surface area contributed by atoms with Gasteiger partial charge in [0.05, 0.1) is 5.56 Å². The van der Waals surface area contributed by atoms with Gasteiger partial charge in [0, 0.05) is 11.0 Å². The summed E-state index contributed by atoms with van der Waals surface area (Å²) in [4.78, 5) is 23.0. The number of carbonyl (C=O) groups excluding carboxylic acids is 1. The fourth-order valence-corrected chi connectivity index (χ4v) is 2.18. The van der Waals surface area contributed by atoms with E-state index < -0.39 is 12.1 Å². The van der Waals surface area contributed by atoms with Crippen LogP contribution in [0.2, 0.25) is 0 Å². The predicted octanol–water partition coefficient (Wildman–Crippen LogP) is 3.23.